The van der Waals surface area contributed by atoms with Crippen molar-refractivity contribution in [3.8, 4) is 11.3 Å². The predicted molar refractivity (Wildman–Crippen MR) is 168 cm³/mol. The molecule has 1 aliphatic carbocycles. The summed E-state index contributed by atoms with van der Waals surface area (Å²) in [5.74, 6) is 0. The van der Waals surface area contributed by atoms with E-state index in [1.54, 1.807) is 0 Å². The molecule has 0 saturated heterocycles. The number of aromatic nitrogens is 2. The molecule has 4 heteroatoms. The Balaban J connectivity index is 0.000000171. The van der Waals surface area contributed by atoms with E-state index >= 15 is 0 Å². The second kappa shape index (κ2) is 16.1. The summed E-state index contributed by atoms with van der Waals surface area (Å²) in [7, 11) is 0. The number of rotatable bonds is 2. The first-order valence-corrected chi connectivity index (χ1v) is 13.4. The van der Waals surface area contributed by atoms with E-state index in [-0.39, 0.29) is 20.1 Å². The van der Waals surface area contributed by atoms with Gasteiger partial charge in [0.2, 0.25) is 0 Å². The predicted octanol–water partition coefficient (Wildman–Crippen LogP) is 6.61. The molecule has 2 aromatic carbocycles. The third kappa shape index (κ3) is 8.50. The Hall–Kier alpha value is -4.50. The fourth-order valence-corrected chi connectivity index (χ4v) is 4.47. The van der Waals surface area contributed by atoms with Gasteiger partial charge in [0.05, 0.1) is 17.6 Å². The van der Waals surface area contributed by atoms with Crippen molar-refractivity contribution in [3.05, 3.63) is 187 Å². The van der Waals surface area contributed by atoms with Crippen LogP contribution in [0.3, 0.4) is 0 Å². The van der Waals surface area contributed by atoms with Gasteiger partial charge in [-0.2, -0.15) is 18.2 Å². The Kier molecular flexibility index (Phi) is 12.3. The molecule has 2 aromatic heterocycles. The number of benzene rings is 2. The smallest absolute Gasteiger partial charge is 0.336 e. The average molecular weight is 725 g/mol. The van der Waals surface area contributed by atoms with E-state index in [1.807, 2.05) is 119 Å². The van der Waals surface area contributed by atoms with Gasteiger partial charge in [-0.05, 0) is 24.8 Å². The molecule has 0 bridgehead atoms. The molecule has 42 heavy (non-hydrogen) atoms. The van der Waals surface area contributed by atoms with Gasteiger partial charge in [-0.25, -0.2) is 30.2 Å². The summed E-state index contributed by atoms with van der Waals surface area (Å²) >= 11 is 0. The molecule has 0 unspecified atom stereocenters. The Morgan fingerprint density at radius 1 is 0.857 bits per heavy atom. The summed E-state index contributed by atoms with van der Waals surface area (Å²) in [6.45, 7) is 14.1. The van der Waals surface area contributed by atoms with E-state index in [0.29, 0.717) is 0 Å². The molecule has 0 saturated carbocycles. The van der Waals surface area contributed by atoms with Crippen LogP contribution >= 0.6 is 0 Å². The monoisotopic (exact) mass is 725 g/mol. The summed E-state index contributed by atoms with van der Waals surface area (Å²) in [5, 5.41) is 1.12. The van der Waals surface area contributed by atoms with Gasteiger partial charge in [0.1, 0.15) is 6.72 Å². The maximum Gasteiger partial charge on any atom is 3.00 e. The van der Waals surface area contributed by atoms with Crippen molar-refractivity contribution in [1.82, 2.24) is 4.98 Å². The number of pyridine rings is 2. The SMILES string of the molecule is C=[N+]1C=CC=C(C)[C-]1c1[c-]cccc1.C=[n+]1cccc(C)/c1=C1/[C-]=CC=C[CH-]1.Cc1cccnc1-c1[c-]cccc1.[Ir+3]. The standard InChI is InChI=1S/2C13H12N.C12H10N.Ir/c2*1-11-7-6-10-14(2)13(11)12-8-4-3-5-9-12;1-10-6-5-9-13-12(10)11-7-3-2-4-8-11;/h2*3-8,10H,2H2,1H3;2-7,9H,1H3;/q3*-1;+3/b13-12-;;;. The van der Waals surface area contributed by atoms with Gasteiger partial charge in [0.15, 0.2) is 6.20 Å². The van der Waals surface area contributed by atoms with E-state index in [2.05, 4.69) is 75.6 Å². The third-order valence-corrected chi connectivity index (χ3v) is 6.45. The van der Waals surface area contributed by atoms with Crippen molar-refractivity contribution in [2.24, 2.45) is 0 Å². The molecule has 3 nitrogen and oxygen atoms in total. The Labute approximate surface area is 264 Å². The molecule has 3 heterocycles. The Morgan fingerprint density at radius 2 is 1.62 bits per heavy atom. The van der Waals surface area contributed by atoms with Gasteiger partial charge < -0.3 is 9.56 Å². The zero-order valence-corrected chi connectivity index (χ0v) is 26.6. The summed E-state index contributed by atoms with van der Waals surface area (Å²) in [5.41, 5.74) is 7.85. The van der Waals surface area contributed by atoms with Crippen LogP contribution in [0.1, 0.15) is 23.6 Å². The molecular weight excluding hydrogens is 691 g/mol. The summed E-state index contributed by atoms with van der Waals surface area (Å²) < 4.78 is 3.75. The maximum absolute atomic E-state index is 4.32. The molecule has 0 amide bonds. The van der Waals surface area contributed by atoms with Crippen LogP contribution in [-0.4, -0.2) is 16.3 Å². The largest absolute Gasteiger partial charge is 3.00 e. The van der Waals surface area contributed by atoms with Crippen molar-refractivity contribution >= 4 is 12.3 Å². The van der Waals surface area contributed by atoms with Crippen LogP contribution in [0.15, 0.2) is 127 Å². The molecular formula is C38H34IrN3. The molecule has 0 atom stereocenters. The minimum absolute atomic E-state index is 0. The first-order chi connectivity index (χ1) is 20.0. The van der Waals surface area contributed by atoms with Crippen molar-refractivity contribution in [2.45, 2.75) is 20.8 Å². The van der Waals surface area contributed by atoms with Gasteiger partial charge in [0.25, 0.3) is 0 Å². The molecule has 0 N–H and O–H groups in total. The number of hydrogen-bond donors (Lipinski definition) is 0. The topological polar surface area (TPSA) is 21.8 Å². The first kappa shape index (κ1) is 32.0. The first-order valence-electron chi connectivity index (χ1n) is 13.4. The van der Waals surface area contributed by atoms with Crippen LogP contribution in [0.5, 0.6) is 0 Å². The molecule has 0 spiro atoms. The maximum atomic E-state index is 4.32. The molecule has 6 rings (SSSR count). The van der Waals surface area contributed by atoms with Crippen LogP contribution < -0.4 is 9.59 Å². The molecule has 2 aliphatic rings. The van der Waals surface area contributed by atoms with Gasteiger partial charge >= 0.3 is 20.1 Å². The van der Waals surface area contributed by atoms with Crippen molar-refractivity contribution in [2.75, 3.05) is 0 Å². The summed E-state index contributed by atoms with van der Waals surface area (Å²) in [6.07, 6.45) is 20.9. The molecule has 0 radical (unpaired) electrons. The number of nitrogens with zero attached hydrogens (tertiary/aromatic N) is 3. The fraction of sp³-hybridized carbons (Fsp3) is 0.0789. The van der Waals surface area contributed by atoms with Gasteiger partial charge in [0, 0.05) is 12.9 Å². The van der Waals surface area contributed by atoms with Crippen LogP contribution in [-0.2, 0) is 20.1 Å². The van der Waals surface area contributed by atoms with Crippen LogP contribution in [0.4, 0.5) is 0 Å². The molecule has 1 aliphatic heterocycles. The van der Waals surface area contributed by atoms with Crippen LogP contribution in [0.25, 0.3) is 16.8 Å². The molecule has 0 fully saturated rings. The van der Waals surface area contributed by atoms with E-state index in [9.17, 15) is 0 Å². The number of hydrogen-bond acceptors (Lipinski definition) is 1. The second-order valence-electron chi connectivity index (χ2n) is 9.52. The van der Waals surface area contributed by atoms with Gasteiger partial charge in [-0.1, -0.05) is 48.7 Å². The van der Waals surface area contributed by atoms with E-state index in [0.717, 1.165) is 33.8 Å². The molecule has 4 aromatic rings. The van der Waals surface area contributed by atoms with Crippen molar-refractivity contribution in [3.63, 3.8) is 0 Å². The fourth-order valence-electron chi connectivity index (χ4n) is 4.47. The normalized spacial score (nSPS) is 14.3. The third-order valence-electron chi connectivity index (χ3n) is 6.45. The van der Waals surface area contributed by atoms with Crippen LogP contribution in [0.2, 0.25) is 0 Å². The molecule has 210 valence electrons. The Bertz CT molecular complexity index is 1720. The zero-order chi connectivity index (χ0) is 29.0. The summed E-state index contributed by atoms with van der Waals surface area (Å²) in [4.78, 5) is 4.32. The second-order valence-corrected chi connectivity index (χ2v) is 9.52. The minimum Gasteiger partial charge on any atom is -0.336 e. The number of allylic oxidation sites excluding steroid dienone is 6. The van der Waals surface area contributed by atoms with E-state index in [1.165, 1.54) is 16.7 Å². The average Bonchev–Trinajstić information content (AvgIpc) is 3.00. The van der Waals surface area contributed by atoms with E-state index < -0.39 is 0 Å². The number of aryl methyl sites for hydroxylation is 2. The van der Waals surface area contributed by atoms with Gasteiger partial charge in [-0.15, -0.1) is 59.7 Å². The summed E-state index contributed by atoms with van der Waals surface area (Å²) in [6, 6.07) is 31.4. The van der Waals surface area contributed by atoms with Crippen LogP contribution in [0, 0.1) is 51.2 Å². The van der Waals surface area contributed by atoms with Crippen molar-refractivity contribution in [1.29, 1.82) is 0 Å². The van der Waals surface area contributed by atoms with Gasteiger partial charge in [-0.3, -0.25) is 10.3 Å². The Morgan fingerprint density at radius 3 is 2.24 bits per heavy atom. The van der Waals surface area contributed by atoms with Crippen molar-refractivity contribution < 1.29 is 28.9 Å². The zero-order valence-electron chi connectivity index (χ0n) is 24.2. The quantitative estimate of drug-likeness (QED) is 0.169. The van der Waals surface area contributed by atoms with E-state index in [4.69, 9.17) is 0 Å². The minimum atomic E-state index is 0.